The van der Waals surface area contributed by atoms with E-state index in [2.05, 4.69) is 78.0 Å². The fourth-order valence-corrected chi connectivity index (χ4v) is 9.64. The zero-order valence-corrected chi connectivity index (χ0v) is 34.9. The lowest BCUT2D eigenvalue weighted by molar-refractivity contribution is 0.575. The van der Waals surface area contributed by atoms with Crippen molar-refractivity contribution in [3.05, 3.63) is 161 Å². The second-order valence-electron chi connectivity index (χ2n) is 12.8. The molecule has 292 valence electrons. The molecule has 0 N–H and O–H groups in total. The number of halogens is 2. The zero-order valence-electron chi connectivity index (χ0n) is 30.1. The Morgan fingerprint density at radius 1 is 0.525 bits per heavy atom. The van der Waals surface area contributed by atoms with Crippen LogP contribution in [0.5, 0.6) is 0 Å². The fourth-order valence-electron chi connectivity index (χ4n) is 6.26. The number of nitrogens with zero attached hydrogens (tertiary/aromatic N) is 12. The summed E-state index contributed by atoms with van der Waals surface area (Å²) < 4.78 is 59.0. The Morgan fingerprint density at radius 3 is 1.69 bits per heavy atom. The topological polar surface area (TPSA) is 190 Å². The summed E-state index contributed by atoms with van der Waals surface area (Å²) >= 11 is 6.64. The normalized spacial score (nSPS) is 12.4. The van der Waals surface area contributed by atoms with E-state index in [1.165, 1.54) is 39.2 Å². The number of imidazole rings is 2. The molecule has 20 heteroatoms. The molecule has 0 spiro atoms. The number of benzene rings is 1. The third-order valence-corrected chi connectivity index (χ3v) is 13.1. The summed E-state index contributed by atoms with van der Waals surface area (Å²) in [6.07, 6.45) is 15.7. The van der Waals surface area contributed by atoms with Crippen molar-refractivity contribution in [2.45, 2.75) is 16.6 Å². The summed E-state index contributed by atoms with van der Waals surface area (Å²) in [6.45, 7) is 0.780. The number of fused-ring (bicyclic) bond motifs is 5. The van der Waals surface area contributed by atoms with Gasteiger partial charge in [0.05, 0.1) is 37.0 Å². The van der Waals surface area contributed by atoms with Crippen LogP contribution in [0.4, 0.5) is 0 Å². The number of rotatable bonds is 5. The highest BCUT2D eigenvalue weighted by Gasteiger charge is 2.26. The molecule has 10 aromatic rings. The van der Waals surface area contributed by atoms with Crippen LogP contribution in [0.3, 0.4) is 0 Å². The van der Waals surface area contributed by atoms with Crippen LogP contribution in [-0.2, 0) is 26.6 Å². The van der Waals surface area contributed by atoms with Crippen LogP contribution in [0.2, 0.25) is 0 Å². The van der Waals surface area contributed by atoms with E-state index in [0.29, 0.717) is 37.8 Å². The molecule has 0 saturated carbocycles. The molecule has 11 rings (SSSR count). The van der Waals surface area contributed by atoms with Gasteiger partial charge in [-0.15, -0.1) is 0 Å². The van der Waals surface area contributed by atoms with Gasteiger partial charge in [-0.3, -0.25) is 28.7 Å². The maximum atomic E-state index is 13.2. The summed E-state index contributed by atoms with van der Waals surface area (Å²) in [6, 6.07) is 25.7. The van der Waals surface area contributed by atoms with Gasteiger partial charge in [0.15, 0.2) is 10.1 Å². The minimum atomic E-state index is -3.94. The van der Waals surface area contributed by atoms with Gasteiger partial charge in [-0.2, -0.15) is 35.2 Å². The molecule has 1 aliphatic heterocycles. The molecule has 1 aliphatic rings. The van der Waals surface area contributed by atoms with E-state index in [9.17, 15) is 16.8 Å². The number of aromatic nitrogens is 11. The molecule has 16 nitrogen and oxygen atoms in total. The van der Waals surface area contributed by atoms with Crippen molar-refractivity contribution in [2.75, 3.05) is 0 Å². The molecule has 0 radical (unpaired) electrons. The van der Waals surface area contributed by atoms with Crippen molar-refractivity contribution in [3.63, 3.8) is 0 Å². The fraction of sp³-hybridized carbons (Fsp3) is 0.0256. The van der Waals surface area contributed by atoms with Gasteiger partial charge in [0.2, 0.25) is 0 Å². The van der Waals surface area contributed by atoms with Crippen molar-refractivity contribution in [3.8, 4) is 11.1 Å². The number of hydrogen-bond donors (Lipinski definition) is 0. The first-order valence-electron chi connectivity index (χ1n) is 17.5. The average Bonchev–Trinajstić information content (AvgIpc) is 4.10. The van der Waals surface area contributed by atoms with Gasteiger partial charge in [0.25, 0.3) is 0 Å². The molecular weight excluding hydrogens is 924 g/mol. The van der Waals surface area contributed by atoms with Crippen LogP contribution in [0.1, 0.15) is 11.3 Å². The summed E-state index contributed by atoms with van der Waals surface area (Å²) in [7, 11) is -7.82. The first-order chi connectivity index (χ1) is 28.6. The Bertz CT molecular complexity index is 3460. The zero-order chi connectivity index (χ0) is 40.7. The maximum Gasteiger partial charge on any atom is 0.301 e. The highest BCUT2D eigenvalue weighted by Crippen LogP contribution is 2.26. The van der Waals surface area contributed by atoms with Gasteiger partial charge < -0.3 is 0 Å². The number of hydrogen-bond acceptors (Lipinski definition) is 12. The molecule has 0 saturated heterocycles. The first kappa shape index (κ1) is 38.1. The Morgan fingerprint density at radius 2 is 1.07 bits per heavy atom. The first-order valence-corrected chi connectivity index (χ1v) is 21.9. The molecule has 59 heavy (non-hydrogen) atoms. The highest BCUT2D eigenvalue weighted by molar-refractivity contribution is 9.10. The van der Waals surface area contributed by atoms with Gasteiger partial charge in [-0.1, -0.05) is 42.5 Å². The Labute approximate surface area is 352 Å². The summed E-state index contributed by atoms with van der Waals surface area (Å²) in [5, 5.41) is 8.16. The Kier molecular flexibility index (Phi) is 9.91. The second kappa shape index (κ2) is 15.4. The summed E-state index contributed by atoms with van der Waals surface area (Å²) in [5.74, 6) is 0. The lowest BCUT2D eigenvalue weighted by atomic mass is 10.1. The van der Waals surface area contributed by atoms with E-state index in [4.69, 9.17) is 0 Å². The van der Waals surface area contributed by atoms with Gasteiger partial charge in [-0.25, -0.2) is 9.97 Å². The van der Waals surface area contributed by atoms with Crippen LogP contribution in [0, 0.1) is 0 Å². The minimum absolute atomic E-state index is 0.0491. The predicted octanol–water partition coefficient (Wildman–Crippen LogP) is 6.84. The summed E-state index contributed by atoms with van der Waals surface area (Å²) in [4.78, 5) is 25.0. The molecule has 0 bridgehead atoms. The van der Waals surface area contributed by atoms with Gasteiger partial charge >= 0.3 is 20.0 Å². The molecule has 0 fully saturated rings. The maximum absolute atomic E-state index is 13.2. The smallest absolute Gasteiger partial charge is 0.289 e. The van der Waals surface area contributed by atoms with E-state index in [0.717, 1.165) is 36.0 Å². The van der Waals surface area contributed by atoms with Crippen molar-refractivity contribution in [2.24, 2.45) is 4.99 Å². The average molecular weight is 951 g/mol. The quantitative estimate of drug-likeness (QED) is 0.176. The van der Waals surface area contributed by atoms with E-state index >= 15 is 0 Å². The van der Waals surface area contributed by atoms with Gasteiger partial charge in [0.1, 0.15) is 33.4 Å². The molecule has 0 atom stereocenters. The van der Waals surface area contributed by atoms with Crippen molar-refractivity contribution >= 4 is 91.5 Å². The van der Waals surface area contributed by atoms with Crippen molar-refractivity contribution in [1.29, 1.82) is 0 Å². The minimum Gasteiger partial charge on any atom is -0.289 e. The van der Waals surface area contributed by atoms with Crippen molar-refractivity contribution in [1.82, 2.24) is 52.1 Å². The number of pyridine rings is 5. The molecule has 0 aliphatic carbocycles. The third kappa shape index (κ3) is 7.19. The highest BCUT2D eigenvalue weighted by atomic mass is 79.9. The van der Waals surface area contributed by atoms with Crippen LogP contribution in [-0.4, -0.2) is 75.1 Å². The largest absolute Gasteiger partial charge is 0.301 e. The van der Waals surface area contributed by atoms with Gasteiger partial charge in [0, 0.05) is 57.3 Å². The standard InChI is InChI=1S/C19H13N5O2S.C13H8BrN5O2S.C7H5BrN2/c25-27(26,19-13-21-18-8-4-5-9-23(18)19)24-17-10-15(11-20-16(17)12-22-24)14-6-2-1-3-7-14;14-9-5-11-10(15-6-9)7-17-19(11)22(20,21)13-8-16-12-3-1-2-4-18(12)13;8-6-1-5-2-9-4-7(5)10-3-6/h1-13H;1-8H;1,3-4H,2H2. The second-order valence-corrected chi connectivity index (χ2v) is 18.0. The van der Waals surface area contributed by atoms with Crippen LogP contribution < -0.4 is 0 Å². The molecule has 0 amide bonds. The van der Waals surface area contributed by atoms with E-state index in [-0.39, 0.29) is 10.1 Å². The Hall–Kier alpha value is -6.48. The monoisotopic (exact) mass is 948 g/mol. The summed E-state index contributed by atoms with van der Waals surface area (Å²) in [5.41, 5.74) is 6.91. The Balaban J connectivity index is 0.000000125. The van der Waals surface area contributed by atoms with E-state index in [1.54, 1.807) is 79.5 Å². The molecule has 1 aromatic carbocycles. The molecule has 9 aromatic heterocycles. The number of aliphatic imine (C=N–C) groups is 1. The van der Waals surface area contributed by atoms with E-state index < -0.39 is 20.0 Å². The van der Waals surface area contributed by atoms with Gasteiger partial charge in [-0.05, 0) is 79.9 Å². The molecule has 10 heterocycles. The predicted molar refractivity (Wildman–Crippen MR) is 227 cm³/mol. The van der Waals surface area contributed by atoms with Crippen LogP contribution >= 0.6 is 31.9 Å². The lowest BCUT2D eigenvalue weighted by Crippen LogP contribution is -2.16. The van der Waals surface area contributed by atoms with Crippen LogP contribution in [0.25, 0.3) is 44.5 Å². The van der Waals surface area contributed by atoms with E-state index in [1.807, 2.05) is 36.5 Å². The lowest BCUT2D eigenvalue weighted by Gasteiger charge is -2.07. The third-order valence-electron chi connectivity index (χ3n) is 9.04. The molecule has 0 unspecified atom stereocenters. The van der Waals surface area contributed by atoms with Crippen molar-refractivity contribution < 1.29 is 16.8 Å². The van der Waals surface area contributed by atoms with Crippen LogP contribution in [0.15, 0.2) is 165 Å². The SMILES string of the molecule is Brc1cnc2c(c1)CN=C2.O=S(=O)(c1cnc2ccccn12)n1ncc2ncc(-c3ccccc3)cc21.O=S(=O)(c1cnc2ccccn12)n1ncc2ncc(Br)cc21. The molecular formula is C39H26Br2N12O4S2.